The minimum Gasteiger partial charge on any atom is -0.462 e. The number of hydrogen-bond donors (Lipinski definition) is 2. The SMILES string of the molecule is CCOC(=O)c1c(NC(=S)NCc2ccncc2)sc(C)c1-c1ccccc1. The highest BCUT2D eigenvalue weighted by Gasteiger charge is 2.24. The Balaban J connectivity index is 1.85. The van der Waals surface area contributed by atoms with E-state index in [9.17, 15) is 4.79 Å². The van der Waals surface area contributed by atoms with E-state index in [0.29, 0.717) is 28.8 Å². The molecule has 0 radical (unpaired) electrons. The number of carbonyl (C=O) groups excluding carboxylic acids is 1. The maximum absolute atomic E-state index is 12.7. The van der Waals surface area contributed by atoms with Gasteiger partial charge in [0.05, 0.1) is 6.61 Å². The molecule has 2 aromatic heterocycles. The highest BCUT2D eigenvalue weighted by atomic mass is 32.1. The zero-order valence-corrected chi connectivity index (χ0v) is 17.3. The van der Waals surface area contributed by atoms with Gasteiger partial charge in [0.25, 0.3) is 0 Å². The van der Waals surface area contributed by atoms with Crippen molar-refractivity contribution in [2.24, 2.45) is 0 Å². The van der Waals surface area contributed by atoms with Crippen LogP contribution in [-0.4, -0.2) is 22.7 Å². The number of thiocarbonyl (C=S) groups is 1. The molecule has 144 valence electrons. The van der Waals surface area contributed by atoms with Gasteiger partial charge in [0.15, 0.2) is 5.11 Å². The highest BCUT2D eigenvalue weighted by Crippen LogP contribution is 2.40. The van der Waals surface area contributed by atoms with Crippen LogP contribution in [0.1, 0.15) is 27.7 Å². The van der Waals surface area contributed by atoms with Crippen molar-refractivity contribution >= 4 is 39.6 Å². The topological polar surface area (TPSA) is 63.2 Å². The molecule has 7 heteroatoms. The summed E-state index contributed by atoms with van der Waals surface area (Å²) in [7, 11) is 0. The second kappa shape index (κ2) is 9.43. The summed E-state index contributed by atoms with van der Waals surface area (Å²) in [6.07, 6.45) is 3.47. The number of ether oxygens (including phenoxy) is 1. The van der Waals surface area contributed by atoms with Crippen LogP contribution in [0, 0.1) is 6.92 Å². The van der Waals surface area contributed by atoms with Crippen molar-refractivity contribution in [1.29, 1.82) is 0 Å². The molecule has 0 atom stereocenters. The molecule has 0 aliphatic rings. The summed E-state index contributed by atoms with van der Waals surface area (Å²) < 4.78 is 5.31. The van der Waals surface area contributed by atoms with Crippen LogP contribution in [0.3, 0.4) is 0 Å². The highest BCUT2D eigenvalue weighted by molar-refractivity contribution is 7.80. The number of hydrogen-bond acceptors (Lipinski definition) is 5. The van der Waals surface area contributed by atoms with Crippen molar-refractivity contribution in [3.8, 4) is 11.1 Å². The lowest BCUT2D eigenvalue weighted by Crippen LogP contribution is -2.28. The summed E-state index contributed by atoms with van der Waals surface area (Å²) in [5, 5.41) is 7.46. The maximum Gasteiger partial charge on any atom is 0.341 e. The molecule has 2 N–H and O–H groups in total. The van der Waals surface area contributed by atoms with Gasteiger partial charge in [-0.1, -0.05) is 30.3 Å². The number of esters is 1. The Labute approximate surface area is 173 Å². The minimum atomic E-state index is -0.356. The van der Waals surface area contributed by atoms with E-state index in [-0.39, 0.29) is 5.97 Å². The normalized spacial score (nSPS) is 10.4. The van der Waals surface area contributed by atoms with Gasteiger partial charge >= 0.3 is 5.97 Å². The number of pyridine rings is 1. The summed E-state index contributed by atoms with van der Waals surface area (Å²) in [5.74, 6) is -0.356. The number of thiophene rings is 1. The van der Waals surface area contributed by atoms with Gasteiger partial charge in [0.1, 0.15) is 10.6 Å². The molecule has 0 saturated heterocycles. The summed E-state index contributed by atoms with van der Waals surface area (Å²) in [6.45, 7) is 4.67. The van der Waals surface area contributed by atoms with Crippen LogP contribution in [0.15, 0.2) is 54.9 Å². The average Bonchev–Trinajstić information content (AvgIpc) is 3.03. The second-order valence-corrected chi connectivity index (χ2v) is 7.62. The zero-order chi connectivity index (χ0) is 19.9. The van der Waals surface area contributed by atoms with Crippen LogP contribution in [0.5, 0.6) is 0 Å². The molecule has 0 aliphatic carbocycles. The number of rotatable bonds is 6. The maximum atomic E-state index is 12.7. The Bertz CT molecular complexity index is 957. The first-order valence-electron chi connectivity index (χ1n) is 8.89. The molecule has 2 heterocycles. The number of benzene rings is 1. The van der Waals surface area contributed by atoms with Crippen LogP contribution in [0.2, 0.25) is 0 Å². The van der Waals surface area contributed by atoms with Crippen LogP contribution < -0.4 is 10.6 Å². The molecule has 3 aromatic rings. The van der Waals surface area contributed by atoms with Gasteiger partial charge in [-0.3, -0.25) is 4.98 Å². The van der Waals surface area contributed by atoms with Crippen LogP contribution in [0.25, 0.3) is 11.1 Å². The molecule has 0 aliphatic heterocycles. The number of aromatic nitrogens is 1. The monoisotopic (exact) mass is 411 g/mol. The van der Waals surface area contributed by atoms with Crippen LogP contribution in [0.4, 0.5) is 5.00 Å². The van der Waals surface area contributed by atoms with E-state index in [4.69, 9.17) is 17.0 Å². The Morgan fingerprint density at radius 2 is 1.89 bits per heavy atom. The van der Waals surface area contributed by atoms with Gasteiger partial charge < -0.3 is 15.4 Å². The third-order valence-electron chi connectivity index (χ3n) is 4.06. The van der Waals surface area contributed by atoms with Crippen molar-refractivity contribution < 1.29 is 9.53 Å². The van der Waals surface area contributed by atoms with E-state index in [0.717, 1.165) is 21.6 Å². The molecule has 5 nitrogen and oxygen atoms in total. The quantitative estimate of drug-likeness (QED) is 0.449. The zero-order valence-electron chi connectivity index (χ0n) is 15.7. The van der Waals surface area contributed by atoms with Crippen molar-refractivity contribution in [1.82, 2.24) is 10.3 Å². The van der Waals surface area contributed by atoms with Crippen molar-refractivity contribution in [2.75, 3.05) is 11.9 Å². The first-order chi connectivity index (χ1) is 13.6. The lowest BCUT2D eigenvalue weighted by atomic mass is 10.0. The van der Waals surface area contributed by atoms with Crippen molar-refractivity contribution in [3.63, 3.8) is 0 Å². The second-order valence-electron chi connectivity index (χ2n) is 5.99. The van der Waals surface area contributed by atoms with Gasteiger partial charge in [-0.05, 0) is 49.3 Å². The predicted octanol–water partition coefficient (Wildman–Crippen LogP) is 4.78. The van der Waals surface area contributed by atoms with Crippen molar-refractivity contribution in [3.05, 3.63) is 70.9 Å². The van der Waals surface area contributed by atoms with Gasteiger partial charge in [-0.25, -0.2) is 4.79 Å². The molecule has 28 heavy (non-hydrogen) atoms. The van der Waals surface area contributed by atoms with Crippen molar-refractivity contribution in [2.45, 2.75) is 20.4 Å². The minimum absolute atomic E-state index is 0.312. The summed E-state index contributed by atoms with van der Waals surface area (Å²) in [6, 6.07) is 13.7. The predicted molar refractivity (Wildman–Crippen MR) is 118 cm³/mol. The van der Waals surface area contributed by atoms with Gasteiger partial charge in [-0.2, -0.15) is 0 Å². The molecule has 3 rings (SSSR count). The molecule has 0 bridgehead atoms. The average molecular weight is 412 g/mol. The van der Waals surface area contributed by atoms with Crippen LogP contribution >= 0.6 is 23.6 Å². The molecule has 1 aromatic carbocycles. The summed E-state index contributed by atoms with van der Waals surface area (Å²) in [5.41, 5.74) is 3.44. The molecule has 0 spiro atoms. The third kappa shape index (κ3) is 4.74. The summed E-state index contributed by atoms with van der Waals surface area (Å²) >= 11 is 6.92. The Hall–Kier alpha value is -2.77. The van der Waals surface area contributed by atoms with Gasteiger partial charge in [0.2, 0.25) is 0 Å². The first kappa shape index (κ1) is 20.0. The number of nitrogens with zero attached hydrogens (tertiary/aromatic N) is 1. The molecule has 0 unspecified atom stereocenters. The first-order valence-corrected chi connectivity index (χ1v) is 10.1. The molecule has 0 saturated carbocycles. The third-order valence-corrected chi connectivity index (χ3v) is 5.32. The Morgan fingerprint density at radius 3 is 2.57 bits per heavy atom. The largest absolute Gasteiger partial charge is 0.462 e. The fourth-order valence-corrected chi connectivity index (χ4v) is 4.12. The fraction of sp³-hybridized carbons (Fsp3) is 0.190. The van der Waals surface area contributed by atoms with E-state index in [1.807, 2.05) is 49.4 Å². The number of aryl methyl sites for hydroxylation is 1. The number of anilines is 1. The van der Waals surface area contributed by atoms with E-state index < -0.39 is 0 Å². The fourth-order valence-electron chi connectivity index (χ4n) is 2.81. The molecule has 0 amide bonds. The smallest absolute Gasteiger partial charge is 0.341 e. The summed E-state index contributed by atoms with van der Waals surface area (Å²) in [4.78, 5) is 17.7. The number of nitrogens with one attached hydrogen (secondary N) is 2. The van der Waals surface area contributed by atoms with E-state index in [1.54, 1.807) is 19.3 Å². The molecular weight excluding hydrogens is 390 g/mol. The molecular formula is C21H21N3O2S2. The molecule has 0 fully saturated rings. The lowest BCUT2D eigenvalue weighted by Gasteiger charge is -2.12. The Kier molecular flexibility index (Phi) is 6.73. The van der Waals surface area contributed by atoms with Crippen LogP contribution in [-0.2, 0) is 11.3 Å². The van der Waals surface area contributed by atoms with Gasteiger partial charge in [0, 0.05) is 29.4 Å². The van der Waals surface area contributed by atoms with E-state index >= 15 is 0 Å². The van der Waals surface area contributed by atoms with E-state index in [2.05, 4.69) is 15.6 Å². The standard InChI is InChI=1S/C21H21N3O2S2/c1-3-26-20(25)18-17(16-7-5-4-6-8-16)14(2)28-19(18)24-21(27)23-13-15-9-11-22-12-10-15/h4-12H,3,13H2,1-2H3,(H2,23,24,27). The number of carbonyl (C=O) groups is 1. The van der Waals surface area contributed by atoms with Gasteiger partial charge in [-0.15, -0.1) is 11.3 Å². The Morgan fingerprint density at radius 1 is 1.18 bits per heavy atom. The lowest BCUT2D eigenvalue weighted by molar-refractivity contribution is 0.0529. The van der Waals surface area contributed by atoms with E-state index in [1.165, 1.54) is 11.3 Å².